The van der Waals surface area contributed by atoms with Crippen molar-refractivity contribution in [2.45, 2.75) is 25.9 Å². The summed E-state index contributed by atoms with van der Waals surface area (Å²) in [6.07, 6.45) is 1.61. The summed E-state index contributed by atoms with van der Waals surface area (Å²) in [4.78, 5) is 14.7. The molecule has 1 aromatic heterocycles. The molecule has 0 fully saturated rings. The first-order valence-corrected chi connectivity index (χ1v) is 8.91. The Bertz CT molecular complexity index is 929. The van der Waals surface area contributed by atoms with Crippen molar-refractivity contribution in [3.8, 4) is 0 Å². The number of rotatable bonds is 1. The predicted molar refractivity (Wildman–Crippen MR) is 99.9 cm³/mol. The average molecular weight is 374 g/mol. The summed E-state index contributed by atoms with van der Waals surface area (Å²) >= 11 is 12.0. The topological polar surface area (TPSA) is 38.1 Å². The Hall–Kier alpha value is -2.04. The molecule has 4 rings (SSSR count). The first kappa shape index (κ1) is 16.4. The van der Waals surface area contributed by atoms with Crippen molar-refractivity contribution in [3.05, 3.63) is 69.5 Å². The van der Waals surface area contributed by atoms with Crippen LogP contribution in [0.3, 0.4) is 0 Å². The highest BCUT2D eigenvalue weighted by molar-refractivity contribution is 6.42. The van der Waals surface area contributed by atoms with Gasteiger partial charge in [0.1, 0.15) is 0 Å². The zero-order valence-electron chi connectivity index (χ0n) is 13.7. The molecule has 6 heteroatoms. The molecule has 0 unspecified atom stereocenters. The highest BCUT2D eigenvalue weighted by Crippen LogP contribution is 2.35. The van der Waals surface area contributed by atoms with Crippen LogP contribution in [0.1, 0.15) is 33.7 Å². The molecule has 2 aliphatic heterocycles. The van der Waals surface area contributed by atoms with Crippen LogP contribution in [0.25, 0.3) is 5.57 Å². The van der Waals surface area contributed by atoms with Crippen LogP contribution in [0.4, 0.5) is 0 Å². The number of aromatic nitrogens is 2. The Morgan fingerprint density at radius 2 is 1.92 bits per heavy atom. The van der Waals surface area contributed by atoms with Crippen LogP contribution in [0.15, 0.2) is 36.9 Å². The second-order valence-corrected chi connectivity index (χ2v) is 7.25. The Kier molecular flexibility index (Phi) is 3.97. The SMILES string of the molecule is C=C1CCn2nc3c(c2C1=C)CN(C(=O)c1ccc(Cl)c(Cl)c1)CC3. The molecular weight excluding hydrogens is 357 g/mol. The summed E-state index contributed by atoms with van der Waals surface area (Å²) in [6.45, 7) is 10.2. The van der Waals surface area contributed by atoms with Gasteiger partial charge in [0, 0.05) is 37.2 Å². The molecule has 25 heavy (non-hydrogen) atoms. The first-order valence-electron chi connectivity index (χ1n) is 8.16. The van der Waals surface area contributed by atoms with Crippen molar-refractivity contribution in [2.24, 2.45) is 0 Å². The monoisotopic (exact) mass is 373 g/mol. The minimum atomic E-state index is -0.0515. The smallest absolute Gasteiger partial charge is 0.254 e. The second-order valence-electron chi connectivity index (χ2n) is 6.43. The first-order chi connectivity index (χ1) is 12.0. The normalized spacial score (nSPS) is 16.6. The number of aryl methyl sites for hydroxylation is 1. The molecule has 1 aromatic carbocycles. The van der Waals surface area contributed by atoms with Crippen molar-refractivity contribution in [1.29, 1.82) is 0 Å². The molecule has 1 amide bonds. The molecule has 0 radical (unpaired) electrons. The van der Waals surface area contributed by atoms with Gasteiger partial charge in [0.15, 0.2) is 0 Å². The Labute approximate surface area is 156 Å². The lowest BCUT2D eigenvalue weighted by Gasteiger charge is -2.28. The van der Waals surface area contributed by atoms with Gasteiger partial charge in [-0.25, -0.2) is 0 Å². The van der Waals surface area contributed by atoms with Crippen LogP contribution in [-0.4, -0.2) is 27.1 Å². The number of halogens is 2. The van der Waals surface area contributed by atoms with Crippen molar-refractivity contribution in [1.82, 2.24) is 14.7 Å². The number of amides is 1. The van der Waals surface area contributed by atoms with Gasteiger partial charge >= 0.3 is 0 Å². The van der Waals surface area contributed by atoms with Crippen molar-refractivity contribution < 1.29 is 4.79 Å². The summed E-state index contributed by atoms with van der Waals surface area (Å²) in [5.41, 5.74) is 5.70. The molecule has 0 saturated carbocycles. The molecule has 0 N–H and O–H groups in total. The van der Waals surface area contributed by atoms with Gasteiger partial charge < -0.3 is 4.90 Å². The summed E-state index contributed by atoms with van der Waals surface area (Å²) in [5, 5.41) is 5.54. The fourth-order valence-electron chi connectivity index (χ4n) is 3.47. The van der Waals surface area contributed by atoms with E-state index in [1.807, 2.05) is 9.58 Å². The molecule has 0 spiro atoms. The third kappa shape index (κ3) is 2.70. The Morgan fingerprint density at radius 1 is 1.12 bits per heavy atom. The third-order valence-corrected chi connectivity index (χ3v) is 5.63. The summed E-state index contributed by atoms with van der Waals surface area (Å²) in [6, 6.07) is 4.98. The van der Waals surface area contributed by atoms with Crippen molar-refractivity contribution >= 4 is 34.7 Å². The number of hydrogen-bond donors (Lipinski definition) is 0. The van der Waals surface area contributed by atoms with Crippen LogP contribution in [0, 0.1) is 0 Å². The largest absolute Gasteiger partial charge is 0.334 e. The number of carbonyl (C=O) groups excluding carboxylic acids is 1. The molecule has 0 aliphatic carbocycles. The second kappa shape index (κ2) is 6.04. The quantitative estimate of drug-likeness (QED) is 0.744. The van der Waals surface area contributed by atoms with E-state index in [4.69, 9.17) is 28.3 Å². The highest BCUT2D eigenvalue weighted by Gasteiger charge is 2.30. The van der Waals surface area contributed by atoms with Crippen LogP contribution < -0.4 is 0 Å². The van der Waals surface area contributed by atoms with Gasteiger partial charge in [0.25, 0.3) is 5.91 Å². The maximum absolute atomic E-state index is 12.9. The third-order valence-electron chi connectivity index (χ3n) is 4.89. The number of nitrogens with zero attached hydrogens (tertiary/aromatic N) is 3. The van der Waals surface area contributed by atoms with E-state index in [1.54, 1.807) is 18.2 Å². The maximum atomic E-state index is 12.9. The maximum Gasteiger partial charge on any atom is 0.254 e. The van der Waals surface area contributed by atoms with Gasteiger partial charge in [-0.05, 0) is 35.8 Å². The number of carbonyl (C=O) groups is 1. The molecule has 2 aromatic rings. The zero-order chi connectivity index (χ0) is 17.7. The molecule has 2 aliphatic rings. The van der Waals surface area contributed by atoms with Gasteiger partial charge in [-0.3, -0.25) is 9.48 Å². The summed E-state index contributed by atoms with van der Waals surface area (Å²) in [5.74, 6) is -0.0515. The highest BCUT2D eigenvalue weighted by atomic mass is 35.5. The van der Waals surface area contributed by atoms with E-state index in [9.17, 15) is 4.79 Å². The fraction of sp³-hybridized carbons (Fsp3) is 0.263. The predicted octanol–water partition coefficient (Wildman–Crippen LogP) is 4.36. The number of hydrogen-bond acceptors (Lipinski definition) is 2. The summed E-state index contributed by atoms with van der Waals surface area (Å²) in [7, 11) is 0. The van der Waals surface area contributed by atoms with Crippen LogP contribution in [-0.2, 0) is 19.5 Å². The number of benzene rings is 1. The van der Waals surface area contributed by atoms with E-state index >= 15 is 0 Å². The van der Waals surface area contributed by atoms with Gasteiger partial charge in [0.05, 0.1) is 21.4 Å². The van der Waals surface area contributed by atoms with E-state index in [0.717, 1.165) is 47.5 Å². The van der Waals surface area contributed by atoms with E-state index in [2.05, 4.69) is 13.2 Å². The molecule has 4 nitrogen and oxygen atoms in total. The fourth-order valence-corrected chi connectivity index (χ4v) is 3.77. The molecule has 3 heterocycles. The molecule has 0 atom stereocenters. The number of fused-ring (bicyclic) bond motifs is 3. The van der Waals surface area contributed by atoms with Crippen molar-refractivity contribution in [2.75, 3.05) is 6.54 Å². The molecular formula is C19H17Cl2N3O. The minimum Gasteiger partial charge on any atom is -0.334 e. The van der Waals surface area contributed by atoms with Gasteiger partial charge in [-0.15, -0.1) is 0 Å². The Morgan fingerprint density at radius 3 is 2.68 bits per heavy atom. The summed E-state index contributed by atoms with van der Waals surface area (Å²) < 4.78 is 2.01. The van der Waals surface area contributed by atoms with Gasteiger partial charge in [-0.2, -0.15) is 5.10 Å². The zero-order valence-corrected chi connectivity index (χ0v) is 15.2. The molecule has 0 saturated heterocycles. The minimum absolute atomic E-state index is 0.0515. The number of allylic oxidation sites excluding steroid dienone is 2. The van der Waals surface area contributed by atoms with Crippen LogP contribution >= 0.6 is 23.2 Å². The average Bonchev–Trinajstić information content (AvgIpc) is 2.98. The molecule has 128 valence electrons. The van der Waals surface area contributed by atoms with E-state index < -0.39 is 0 Å². The lowest BCUT2D eigenvalue weighted by atomic mass is 9.94. The van der Waals surface area contributed by atoms with E-state index in [1.165, 1.54) is 0 Å². The Balaban J connectivity index is 1.66. The van der Waals surface area contributed by atoms with E-state index in [0.29, 0.717) is 28.7 Å². The lowest BCUT2D eigenvalue weighted by molar-refractivity contribution is 0.0734. The molecule has 0 bridgehead atoms. The van der Waals surface area contributed by atoms with Crippen LogP contribution in [0.5, 0.6) is 0 Å². The van der Waals surface area contributed by atoms with Crippen LogP contribution in [0.2, 0.25) is 10.0 Å². The van der Waals surface area contributed by atoms with Crippen molar-refractivity contribution in [3.63, 3.8) is 0 Å². The standard InChI is InChI=1S/C19H17Cl2N3O/c1-11-5-8-24-18(12(11)2)14-10-23(7-6-17(14)22-24)19(25)13-3-4-15(20)16(21)9-13/h3-4,9H,1-2,5-8,10H2. The van der Waals surface area contributed by atoms with E-state index in [-0.39, 0.29) is 5.91 Å². The van der Waals surface area contributed by atoms with Gasteiger partial charge in [0.2, 0.25) is 0 Å². The van der Waals surface area contributed by atoms with Gasteiger partial charge in [-0.1, -0.05) is 36.4 Å². The lowest BCUT2D eigenvalue weighted by Crippen LogP contribution is -2.36.